The monoisotopic (exact) mass is 638 g/mol. The maximum Gasteiger partial charge on any atom is 0.162 e. The van der Waals surface area contributed by atoms with Crippen molar-refractivity contribution in [1.82, 2.24) is 19.1 Å². The van der Waals surface area contributed by atoms with E-state index in [9.17, 15) is 0 Å². The van der Waals surface area contributed by atoms with E-state index < -0.39 is 0 Å². The SMILES string of the molecule is c1ccc(-c2cc(-c3ccccc3)nc(-c3ccccc3-n3c4ccccc4c4ccc(-n5c6ccccc6c6ccccc65)cc43)n2)cc1. The molecule has 234 valence electrons. The number of aromatic nitrogens is 4. The standard InChI is InChI=1S/C46H30N4/c1-3-15-31(16-4-1)39-30-40(32-17-5-2-6-18-32)48-46(47-39)38-22-10-14-26-44(38)50-43-25-13-9-21-36(43)37-28-27-33(29-45(37)50)49-41-23-11-7-19-34(41)35-20-8-12-24-42(35)49/h1-30H. The van der Waals surface area contributed by atoms with Gasteiger partial charge in [-0.1, -0.05) is 133 Å². The van der Waals surface area contributed by atoms with E-state index in [1.807, 2.05) is 12.1 Å². The van der Waals surface area contributed by atoms with Gasteiger partial charge in [-0.3, -0.25) is 0 Å². The highest BCUT2D eigenvalue weighted by Gasteiger charge is 2.20. The first kappa shape index (κ1) is 28.3. The van der Waals surface area contributed by atoms with Crippen LogP contribution in [-0.4, -0.2) is 19.1 Å². The van der Waals surface area contributed by atoms with E-state index in [2.05, 4.69) is 179 Å². The van der Waals surface area contributed by atoms with Crippen LogP contribution in [0.3, 0.4) is 0 Å². The predicted octanol–water partition coefficient (Wildman–Crippen LogP) is 11.7. The molecule has 0 unspecified atom stereocenters. The van der Waals surface area contributed by atoms with Gasteiger partial charge in [0.15, 0.2) is 5.82 Å². The van der Waals surface area contributed by atoms with Gasteiger partial charge in [0.1, 0.15) is 0 Å². The fourth-order valence-corrected chi connectivity index (χ4v) is 7.50. The van der Waals surface area contributed by atoms with Crippen LogP contribution in [0.4, 0.5) is 0 Å². The summed E-state index contributed by atoms with van der Waals surface area (Å²) in [4.78, 5) is 10.5. The highest BCUT2D eigenvalue weighted by Crippen LogP contribution is 2.39. The molecule has 0 aliphatic heterocycles. The highest BCUT2D eigenvalue weighted by molar-refractivity contribution is 6.12. The third-order valence-electron chi connectivity index (χ3n) is 9.75. The van der Waals surface area contributed by atoms with Crippen LogP contribution in [0.5, 0.6) is 0 Å². The Morgan fingerprint density at radius 2 is 0.800 bits per heavy atom. The number of benzene rings is 7. The van der Waals surface area contributed by atoms with Crippen molar-refractivity contribution in [3.63, 3.8) is 0 Å². The molecule has 0 bridgehead atoms. The summed E-state index contributed by atoms with van der Waals surface area (Å²) in [5, 5.41) is 4.90. The molecule has 0 radical (unpaired) electrons. The second kappa shape index (κ2) is 11.4. The molecule has 0 spiro atoms. The van der Waals surface area contributed by atoms with Crippen LogP contribution in [0, 0.1) is 0 Å². The first-order valence-corrected chi connectivity index (χ1v) is 16.9. The molecule has 0 aliphatic carbocycles. The van der Waals surface area contributed by atoms with E-state index in [1.54, 1.807) is 0 Å². The third-order valence-corrected chi connectivity index (χ3v) is 9.75. The molecule has 0 atom stereocenters. The quantitative estimate of drug-likeness (QED) is 0.188. The first-order chi connectivity index (χ1) is 24.8. The highest BCUT2D eigenvalue weighted by atomic mass is 15.0. The van der Waals surface area contributed by atoms with Crippen LogP contribution in [-0.2, 0) is 0 Å². The lowest BCUT2D eigenvalue weighted by Gasteiger charge is -2.15. The molecule has 0 fully saturated rings. The van der Waals surface area contributed by atoms with E-state index in [-0.39, 0.29) is 0 Å². The Labute approximate surface area is 289 Å². The Balaban J connectivity index is 1.25. The van der Waals surface area contributed by atoms with Crippen molar-refractivity contribution in [1.29, 1.82) is 0 Å². The number of para-hydroxylation sites is 4. The van der Waals surface area contributed by atoms with E-state index in [1.165, 1.54) is 32.6 Å². The zero-order chi connectivity index (χ0) is 33.0. The van der Waals surface area contributed by atoms with Gasteiger partial charge >= 0.3 is 0 Å². The van der Waals surface area contributed by atoms with E-state index in [4.69, 9.17) is 9.97 Å². The number of hydrogen-bond donors (Lipinski definition) is 0. The van der Waals surface area contributed by atoms with Gasteiger partial charge in [-0.2, -0.15) is 0 Å². The number of fused-ring (bicyclic) bond motifs is 6. The van der Waals surface area contributed by atoms with Gasteiger partial charge in [0.25, 0.3) is 0 Å². The second-order valence-electron chi connectivity index (χ2n) is 12.6. The van der Waals surface area contributed by atoms with Crippen molar-refractivity contribution >= 4 is 43.6 Å². The third kappa shape index (κ3) is 4.46. The zero-order valence-corrected chi connectivity index (χ0v) is 27.1. The zero-order valence-electron chi connectivity index (χ0n) is 27.1. The lowest BCUT2D eigenvalue weighted by molar-refractivity contribution is 1.13. The molecule has 4 nitrogen and oxygen atoms in total. The molecule has 4 heteroatoms. The summed E-state index contributed by atoms with van der Waals surface area (Å²) in [6, 6.07) is 64.2. The summed E-state index contributed by atoms with van der Waals surface area (Å²) >= 11 is 0. The molecule has 0 N–H and O–H groups in total. The first-order valence-electron chi connectivity index (χ1n) is 16.9. The van der Waals surface area contributed by atoms with E-state index in [0.29, 0.717) is 5.82 Å². The molecule has 50 heavy (non-hydrogen) atoms. The van der Waals surface area contributed by atoms with Crippen molar-refractivity contribution < 1.29 is 0 Å². The minimum absolute atomic E-state index is 0.685. The molecular formula is C46H30N4. The normalized spacial score (nSPS) is 11.6. The van der Waals surface area contributed by atoms with Crippen molar-refractivity contribution in [2.24, 2.45) is 0 Å². The summed E-state index contributed by atoms with van der Waals surface area (Å²) in [6.45, 7) is 0. The lowest BCUT2D eigenvalue weighted by Crippen LogP contribution is -2.02. The molecule has 0 aliphatic rings. The summed E-state index contributed by atoms with van der Waals surface area (Å²) in [7, 11) is 0. The predicted molar refractivity (Wildman–Crippen MR) is 207 cm³/mol. The lowest BCUT2D eigenvalue weighted by atomic mass is 10.1. The van der Waals surface area contributed by atoms with Crippen molar-refractivity contribution in [2.45, 2.75) is 0 Å². The molecule has 7 aromatic carbocycles. The van der Waals surface area contributed by atoms with Crippen LogP contribution < -0.4 is 0 Å². The Bertz CT molecular complexity index is 2750. The Morgan fingerprint density at radius 3 is 1.38 bits per heavy atom. The van der Waals surface area contributed by atoms with Crippen LogP contribution in [0.2, 0.25) is 0 Å². The number of rotatable bonds is 5. The fraction of sp³-hybridized carbons (Fsp3) is 0. The smallest absolute Gasteiger partial charge is 0.162 e. The second-order valence-corrected chi connectivity index (χ2v) is 12.6. The van der Waals surface area contributed by atoms with Gasteiger partial charge in [0.05, 0.1) is 39.1 Å². The molecule has 3 heterocycles. The summed E-state index contributed by atoms with van der Waals surface area (Å²) < 4.78 is 4.77. The fourth-order valence-electron chi connectivity index (χ4n) is 7.50. The summed E-state index contributed by atoms with van der Waals surface area (Å²) in [5.41, 5.74) is 11.6. The Kier molecular flexibility index (Phi) is 6.46. The summed E-state index contributed by atoms with van der Waals surface area (Å²) in [6.07, 6.45) is 0. The van der Waals surface area contributed by atoms with Crippen LogP contribution in [0.15, 0.2) is 182 Å². The molecule has 0 saturated heterocycles. The average molecular weight is 639 g/mol. The minimum atomic E-state index is 0.685. The van der Waals surface area contributed by atoms with E-state index >= 15 is 0 Å². The molecule has 0 amide bonds. The van der Waals surface area contributed by atoms with Crippen molar-refractivity contribution in [2.75, 3.05) is 0 Å². The molecule has 10 aromatic rings. The minimum Gasteiger partial charge on any atom is -0.309 e. The van der Waals surface area contributed by atoms with Gasteiger partial charge in [-0.05, 0) is 48.5 Å². The van der Waals surface area contributed by atoms with Gasteiger partial charge in [0, 0.05) is 43.9 Å². The number of nitrogens with zero attached hydrogens (tertiary/aromatic N) is 4. The number of hydrogen-bond acceptors (Lipinski definition) is 2. The molecule has 3 aromatic heterocycles. The Hall–Kier alpha value is -6.78. The van der Waals surface area contributed by atoms with Crippen LogP contribution >= 0.6 is 0 Å². The topological polar surface area (TPSA) is 35.6 Å². The molecule has 0 saturated carbocycles. The van der Waals surface area contributed by atoms with Crippen LogP contribution in [0.1, 0.15) is 0 Å². The van der Waals surface area contributed by atoms with Crippen LogP contribution in [0.25, 0.3) is 88.9 Å². The van der Waals surface area contributed by atoms with Gasteiger partial charge in [0.2, 0.25) is 0 Å². The van der Waals surface area contributed by atoms with Crippen molar-refractivity contribution in [3.8, 4) is 45.3 Å². The summed E-state index contributed by atoms with van der Waals surface area (Å²) in [5.74, 6) is 0.685. The molecular weight excluding hydrogens is 609 g/mol. The van der Waals surface area contributed by atoms with Crippen molar-refractivity contribution in [3.05, 3.63) is 182 Å². The van der Waals surface area contributed by atoms with Gasteiger partial charge < -0.3 is 9.13 Å². The van der Waals surface area contributed by atoms with E-state index in [0.717, 1.165) is 50.5 Å². The van der Waals surface area contributed by atoms with Gasteiger partial charge in [-0.15, -0.1) is 0 Å². The largest absolute Gasteiger partial charge is 0.309 e. The van der Waals surface area contributed by atoms with Gasteiger partial charge in [-0.25, -0.2) is 9.97 Å². The Morgan fingerprint density at radius 1 is 0.340 bits per heavy atom. The maximum absolute atomic E-state index is 5.23. The average Bonchev–Trinajstić information content (AvgIpc) is 3.71. The maximum atomic E-state index is 5.23. The molecule has 10 rings (SSSR count).